The van der Waals surface area contributed by atoms with Crippen LogP contribution in [-0.2, 0) is 6.18 Å². The van der Waals surface area contributed by atoms with Gasteiger partial charge in [0.05, 0.1) is 18.1 Å². The topological polar surface area (TPSA) is 63.2 Å². The summed E-state index contributed by atoms with van der Waals surface area (Å²) in [7, 11) is 1.37. The van der Waals surface area contributed by atoms with Gasteiger partial charge in [-0.15, -0.1) is 0 Å². The lowest BCUT2D eigenvalue weighted by atomic mass is 10.0. The zero-order valence-corrected chi connectivity index (χ0v) is 16.6. The van der Waals surface area contributed by atoms with Gasteiger partial charge in [-0.3, -0.25) is 4.98 Å². The highest BCUT2D eigenvalue weighted by atomic mass is 19.4. The molecule has 10 heteroatoms. The average Bonchev–Trinajstić information content (AvgIpc) is 3.10. The van der Waals surface area contributed by atoms with Gasteiger partial charge in [0, 0.05) is 36.9 Å². The first kappa shape index (κ1) is 19.9. The molecule has 3 aromatic rings. The van der Waals surface area contributed by atoms with Crippen LogP contribution in [0.4, 0.5) is 23.4 Å². The number of benzene rings is 1. The van der Waals surface area contributed by atoms with Crippen molar-refractivity contribution in [3.8, 4) is 17.3 Å². The highest BCUT2D eigenvalue weighted by molar-refractivity contribution is 5.92. The predicted octanol–water partition coefficient (Wildman–Crippen LogP) is 3.80. The van der Waals surface area contributed by atoms with Gasteiger partial charge in [0.25, 0.3) is 0 Å². The van der Waals surface area contributed by atoms with Crippen LogP contribution in [0.15, 0.2) is 30.5 Å². The minimum atomic E-state index is -4.64. The van der Waals surface area contributed by atoms with E-state index in [4.69, 9.17) is 4.74 Å². The number of pyridine rings is 1. The second kappa shape index (κ2) is 7.30. The fourth-order valence-corrected chi connectivity index (χ4v) is 4.45. The van der Waals surface area contributed by atoms with E-state index in [0.29, 0.717) is 36.4 Å². The van der Waals surface area contributed by atoms with Crippen molar-refractivity contribution >= 4 is 16.7 Å². The standard InChI is InChI=1S/C21H19F4N5O/c1-31-20-28-18-14(19(29-20)30-9-11-6-7-12(10-30)27-11)8-26-17(16(18)22)13-4-2-3-5-15(13)21(23,24)25/h2-5,8,11-12,27H,6-7,9-10H2,1H3. The number of aromatic nitrogens is 3. The average molecular weight is 433 g/mol. The van der Waals surface area contributed by atoms with E-state index in [2.05, 4.69) is 20.3 Å². The highest BCUT2D eigenvalue weighted by Gasteiger charge is 2.36. The van der Waals surface area contributed by atoms with Crippen LogP contribution in [0.25, 0.3) is 22.2 Å². The molecule has 6 nitrogen and oxygen atoms in total. The lowest BCUT2D eigenvalue weighted by Gasteiger charge is -2.34. The molecule has 0 radical (unpaired) electrons. The maximum Gasteiger partial charge on any atom is 0.417 e. The Hall–Kier alpha value is -3.01. The molecule has 2 atom stereocenters. The van der Waals surface area contributed by atoms with Crippen LogP contribution < -0.4 is 15.0 Å². The quantitative estimate of drug-likeness (QED) is 0.634. The summed E-state index contributed by atoms with van der Waals surface area (Å²) in [5.74, 6) is -0.462. The van der Waals surface area contributed by atoms with E-state index in [-0.39, 0.29) is 17.1 Å². The van der Waals surface area contributed by atoms with E-state index >= 15 is 4.39 Å². The Balaban J connectivity index is 1.68. The van der Waals surface area contributed by atoms with Crippen molar-refractivity contribution in [1.29, 1.82) is 0 Å². The highest BCUT2D eigenvalue weighted by Crippen LogP contribution is 2.39. The number of anilines is 1. The van der Waals surface area contributed by atoms with E-state index in [1.54, 1.807) is 0 Å². The van der Waals surface area contributed by atoms with Crippen LogP contribution in [0.2, 0.25) is 0 Å². The maximum atomic E-state index is 15.5. The van der Waals surface area contributed by atoms with Crippen molar-refractivity contribution < 1.29 is 22.3 Å². The molecule has 2 unspecified atom stereocenters. The van der Waals surface area contributed by atoms with Crippen molar-refractivity contribution in [2.24, 2.45) is 0 Å². The van der Waals surface area contributed by atoms with Crippen LogP contribution in [0.5, 0.6) is 6.01 Å². The van der Waals surface area contributed by atoms with E-state index in [0.717, 1.165) is 18.9 Å². The number of alkyl halides is 3. The molecule has 2 aliphatic heterocycles. The smallest absolute Gasteiger partial charge is 0.417 e. The van der Waals surface area contributed by atoms with Crippen molar-refractivity contribution in [3.63, 3.8) is 0 Å². The Bertz CT molecular complexity index is 1140. The lowest BCUT2D eigenvalue weighted by Crippen LogP contribution is -2.51. The van der Waals surface area contributed by atoms with E-state index < -0.39 is 23.3 Å². The normalized spacial score (nSPS) is 21.0. The third-order valence-corrected chi connectivity index (χ3v) is 5.83. The second-order valence-corrected chi connectivity index (χ2v) is 7.80. The molecule has 0 amide bonds. The largest absolute Gasteiger partial charge is 0.467 e. The van der Waals surface area contributed by atoms with Crippen molar-refractivity contribution in [1.82, 2.24) is 20.3 Å². The Morgan fingerprint density at radius 3 is 2.48 bits per heavy atom. The number of piperazine rings is 1. The van der Waals surface area contributed by atoms with Gasteiger partial charge in [0.2, 0.25) is 0 Å². The molecule has 5 rings (SSSR count). The summed E-state index contributed by atoms with van der Waals surface area (Å²) in [4.78, 5) is 14.6. The molecule has 4 heterocycles. The third kappa shape index (κ3) is 3.44. The molecule has 1 aromatic carbocycles. The van der Waals surface area contributed by atoms with Crippen LogP contribution >= 0.6 is 0 Å². The van der Waals surface area contributed by atoms with Gasteiger partial charge in [-0.1, -0.05) is 18.2 Å². The SMILES string of the molecule is COc1nc(N2CC3CCC(C2)N3)c2cnc(-c3ccccc3C(F)(F)F)c(F)c2n1. The first-order valence-electron chi connectivity index (χ1n) is 9.93. The zero-order valence-electron chi connectivity index (χ0n) is 16.6. The van der Waals surface area contributed by atoms with Crippen molar-refractivity contribution in [2.45, 2.75) is 31.1 Å². The van der Waals surface area contributed by atoms with Crippen LogP contribution in [0.3, 0.4) is 0 Å². The molecule has 1 N–H and O–H groups in total. The molecule has 0 saturated carbocycles. The molecule has 2 fully saturated rings. The van der Waals surface area contributed by atoms with Gasteiger partial charge >= 0.3 is 12.2 Å². The van der Waals surface area contributed by atoms with Gasteiger partial charge < -0.3 is 15.0 Å². The number of hydrogen-bond donors (Lipinski definition) is 1. The first-order chi connectivity index (χ1) is 14.8. The van der Waals surface area contributed by atoms with Crippen molar-refractivity contribution in [3.05, 3.63) is 41.8 Å². The Morgan fingerprint density at radius 2 is 1.81 bits per heavy atom. The summed E-state index contributed by atoms with van der Waals surface area (Å²) in [6.45, 7) is 1.37. The second-order valence-electron chi connectivity index (χ2n) is 7.80. The maximum absolute atomic E-state index is 15.5. The Morgan fingerprint density at radius 1 is 1.10 bits per heavy atom. The molecule has 2 saturated heterocycles. The number of fused-ring (bicyclic) bond motifs is 3. The zero-order chi connectivity index (χ0) is 21.8. The lowest BCUT2D eigenvalue weighted by molar-refractivity contribution is -0.137. The summed E-state index contributed by atoms with van der Waals surface area (Å²) in [6, 6.07) is 5.35. The number of rotatable bonds is 3. The fraction of sp³-hybridized carbons (Fsp3) is 0.381. The number of halogens is 4. The van der Waals surface area contributed by atoms with Gasteiger partial charge in [0.1, 0.15) is 17.0 Å². The summed E-state index contributed by atoms with van der Waals surface area (Å²) in [6.07, 6.45) is -1.20. The fourth-order valence-electron chi connectivity index (χ4n) is 4.45. The molecule has 2 bridgehead atoms. The summed E-state index contributed by atoms with van der Waals surface area (Å²) in [5, 5.41) is 3.86. The van der Waals surface area contributed by atoms with E-state index in [9.17, 15) is 13.2 Å². The minimum Gasteiger partial charge on any atom is -0.467 e. The molecule has 2 aliphatic rings. The predicted molar refractivity (Wildman–Crippen MR) is 106 cm³/mol. The minimum absolute atomic E-state index is 0.0477. The number of methoxy groups -OCH3 is 1. The molecule has 2 aromatic heterocycles. The Labute approximate surface area is 175 Å². The van der Waals surface area contributed by atoms with Crippen LogP contribution in [0, 0.1) is 5.82 Å². The van der Waals surface area contributed by atoms with E-state index in [1.807, 2.05) is 4.90 Å². The van der Waals surface area contributed by atoms with E-state index in [1.165, 1.54) is 31.5 Å². The number of ether oxygens (including phenoxy) is 1. The number of nitrogens with one attached hydrogen (secondary N) is 1. The monoisotopic (exact) mass is 433 g/mol. The molecule has 31 heavy (non-hydrogen) atoms. The number of hydrogen-bond acceptors (Lipinski definition) is 6. The van der Waals surface area contributed by atoms with Gasteiger partial charge in [0.15, 0.2) is 5.82 Å². The van der Waals surface area contributed by atoms with Crippen LogP contribution in [-0.4, -0.2) is 47.2 Å². The molecule has 162 valence electrons. The van der Waals surface area contributed by atoms with Gasteiger partial charge in [-0.25, -0.2) is 4.39 Å². The Kier molecular flexibility index (Phi) is 4.69. The summed E-state index contributed by atoms with van der Waals surface area (Å²) < 4.78 is 61.1. The molecular formula is C21H19F4N5O. The molecule has 0 aliphatic carbocycles. The molecular weight excluding hydrogens is 414 g/mol. The van der Waals surface area contributed by atoms with Gasteiger partial charge in [-0.05, 0) is 18.9 Å². The summed E-state index contributed by atoms with van der Waals surface area (Å²) in [5.41, 5.74) is -1.82. The van der Waals surface area contributed by atoms with Crippen molar-refractivity contribution in [2.75, 3.05) is 25.1 Å². The molecule has 0 spiro atoms. The van der Waals surface area contributed by atoms with Gasteiger partial charge in [-0.2, -0.15) is 23.1 Å². The number of nitrogens with zero attached hydrogens (tertiary/aromatic N) is 4. The summed E-state index contributed by atoms with van der Waals surface area (Å²) >= 11 is 0. The first-order valence-corrected chi connectivity index (χ1v) is 9.93. The van der Waals surface area contributed by atoms with Crippen LogP contribution in [0.1, 0.15) is 18.4 Å². The third-order valence-electron chi connectivity index (χ3n) is 5.83.